The van der Waals surface area contributed by atoms with Crippen LogP contribution in [-0.4, -0.2) is 11.6 Å². The summed E-state index contributed by atoms with van der Waals surface area (Å²) >= 11 is 0. The Hall–Kier alpha value is -0.770. The first kappa shape index (κ1) is 8.33. The zero-order valence-corrected chi connectivity index (χ0v) is 6.81. The Balaban J connectivity index is 2.38. The minimum atomic E-state index is -0.272. The molecule has 1 aliphatic rings. The second-order valence-electron chi connectivity index (χ2n) is 3.09. The fourth-order valence-corrected chi connectivity index (χ4v) is 1.45. The third-order valence-corrected chi connectivity index (χ3v) is 2.50. The number of amides is 2. The molecule has 4 heteroatoms. The van der Waals surface area contributed by atoms with Gasteiger partial charge in [-0.15, -0.1) is 0 Å². The molecule has 4 N–H and O–H groups in total. The number of nitrogens with one attached hydrogen (secondary N) is 2. The van der Waals surface area contributed by atoms with Gasteiger partial charge >= 0.3 is 6.03 Å². The molecule has 0 saturated heterocycles. The van der Waals surface area contributed by atoms with E-state index in [0.29, 0.717) is 0 Å². The summed E-state index contributed by atoms with van der Waals surface area (Å²) in [7, 11) is 0. The highest BCUT2D eigenvalue weighted by Crippen LogP contribution is 2.34. The van der Waals surface area contributed by atoms with Gasteiger partial charge in [-0.1, -0.05) is 6.92 Å². The zero-order chi connectivity index (χ0) is 8.32. The lowest BCUT2D eigenvalue weighted by Crippen LogP contribution is -2.57. The van der Waals surface area contributed by atoms with Crippen LogP contribution in [0.2, 0.25) is 0 Å². The van der Waals surface area contributed by atoms with Crippen molar-refractivity contribution in [3.8, 4) is 0 Å². The molecule has 0 aliphatic heterocycles. The smallest absolute Gasteiger partial charge is 0.329 e. The summed E-state index contributed by atoms with van der Waals surface area (Å²) in [5, 5.41) is 2.85. The van der Waals surface area contributed by atoms with E-state index in [2.05, 4.69) is 17.7 Å². The number of hydrazine groups is 1. The van der Waals surface area contributed by atoms with Gasteiger partial charge in [0, 0.05) is 5.54 Å². The summed E-state index contributed by atoms with van der Waals surface area (Å²) in [4.78, 5) is 10.8. The SMILES string of the molecule is CCC1(NC(=O)NN)CCC1. The molecule has 0 unspecified atom stereocenters. The first-order chi connectivity index (χ1) is 5.22. The lowest BCUT2D eigenvalue weighted by atomic mass is 9.75. The fourth-order valence-electron chi connectivity index (χ4n) is 1.45. The molecule has 1 fully saturated rings. The largest absolute Gasteiger partial charge is 0.332 e. The number of rotatable bonds is 2. The molecule has 1 aliphatic carbocycles. The zero-order valence-electron chi connectivity index (χ0n) is 6.81. The molecule has 0 radical (unpaired) electrons. The van der Waals surface area contributed by atoms with Crippen LogP contribution in [0.15, 0.2) is 0 Å². The Kier molecular flexibility index (Phi) is 2.34. The molecule has 0 bridgehead atoms. The molecule has 0 aromatic carbocycles. The van der Waals surface area contributed by atoms with Crippen LogP contribution in [0.1, 0.15) is 32.6 Å². The number of nitrogens with two attached hydrogens (primary N) is 1. The van der Waals surface area contributed by atoms with Gasteiger partial charge in [0.2, 0.25) is 0 Å². The van der Waals surface area contributed by atoms with Crippen molar-refractivity contribution in [2.75, 3.05) is 0 Å². The highest BCUT2D eigenvalue weighted by molar-refractivity contribution is 5.74. The van der Waals surface area contributed by atoms with Crippen LogP contribution in [0.5, 0.6) is 0 Å². The Morgan fingerprint density at radius 2 is 2.27 bits per heavy atom. The highest BCUT2D eigenvalue weighted by Gasteiger charge is 2.36. The van der Waals surface area contributed by atoms with E-state index in [0.717, 1.165) is 19.3 Å². The maximum absolute atomic E-state index is 10.8. The second kappa shape index (κ2) is 3.09. The van der Waals surface area contributed by atoms with Crippen LogP contribution in [0.25, 0.3) is 0 Å². The monoisotopic (exact) mass is 157 g/mol. The van der Waals surface area contributed by atoms with E-state index in [4.69, 9.17) is 5.84 Å². The van der Waals surface area contributed by atoms with E-state index >= 15 is 0 Å². The van der Waals surface area contributed by atoms with Crippen molar-refractivity contribution >= 4 is 6.03 Å². The maximum Gasteiger partial charge on any atom is 0.329 e. The predicted octanol–water partition coefficient (Wildman–Crippen LogP) is 0.492. The lowest BCUT2D eigenvalue weighted by Gasteiger charge is -2.41. The molecule has 1 saturated carbocycles. The first-order valence-corrected chi connectivity index (χ1v) is 4.01. The van der Waals surface area contributed by atoms with E-state index in [1.807, 2.05) is 0 Å². The van der Waals surface area contributed by atoms with Gasteiger partial charge in [-0.3, -0.25) is 5.43 Å². The predicted molar refractivity (Wildman–Crippen MR) is 42.7 cm³/mol. The Morgan fingerprint density at radius 3 is 2.55 bits per heavy atom. The molecular formula is C7H15N3O. The quantitative estimate of drug-likeness (QED) is 0.310. The first-order valence-electron chi connectivity index (χ1n) is 4.01. The number of hydrogen-bond acceptors (Lipinski definition) is 2. The minimum absolute atomic E-state index is 0.0451. The van der Waals surface area contributed by atoms with Gasteiger partial charge in [0.15, 0.2) is 0 Å². The Morgan fingerprint density at radius 1 is 1.64 bits per heavy atom. The minimum Gasteiger partial charge on any atom is -0.332 e. The molecule has 1 rings (SSSR count). The van der Waals surface area contributed by atoms with Crippen molar-refractivity contribution in [1.82, 2.24) is 10.7 Å². The molecule has 11 heavy (non-hydrogen) atoms. The third kappa shape index (κ3) is 1.63. The van der Waals surface area contributed by atoms with Gasteiger partial charge in [0.1, 0.15) is 0 Å². The lowest BCUT2D eigenvalue weighted by molar-refractivity contribution is 0.172. The fraction of sp³-hybridized carbons (Fsp3) is 0.857. The summed E-state index contributed by atoms with van der Waals surface area (Å²) < 4.78 is 0. The second-order valence-corrected chi connectivity index (χ2v) is 3.09. The highest BCUT2D eigenvalue weighted by atomic mass is 16.2. The van der Waals surface area contributed by atoms with E-state index in [1.54, 1.807) is 0 Å². The topological polar surface area (TPSA) is 67.2 Å². The number of hydrogen-bond donors (Lipinski definition) is 3. The molecule has 0 aromatic rings. The van der Waals surface area contributed by atoms with Gasteiger partial charge in [-0.2, -0.15) is 0 Å². The summed E-state index contributed by atoms with van der Waals surface area (Å²) in [6.07, 6.45) is 4.35. The van der Waals surface area contributed by atoms with Crippen molar-refractivity contribution in [3.05, 3.63) is 0 Å². The maximum atomic E-state index is 10.8. The summed E-state index contributed by atoms with van der Waals surface area (Å²) in [5.41, 5.74) is 2.12. The van der Waals surface area contributed by atoms with Crippen LogP contribution in [0, 0.1) is 0 Å². The molecule has 0 aromatic heterocycles. The Labute approximate surface area is 66.5 Å². The summed E-state index contributed by atoms with van der Waals surface area (Å²) in [5.74, 6) is 4.95. The van der Waals surface area contributed by atoms with E-state index in [9.17, 15) is 4.79 Å². The van der Waals surface area contributed by atoms with Crippen molar-refractivity contribution < 1.29 is 4.79 Å². The average Bonchev–Trinajstić information content (AvgIpc) is 1.96. The third-order valence-electron chi connectivity index (χ3n) is 2.50. The van der Waals surface area contributed by atoms with Crippen LogP contribution in [-0.2, 0) is 0 Å². The normalized spacial score (nSPS) is 20.2. The van der Waals surface area contributed by atoms with Gasteiger partial charge in [0.05, 0.1) is 0 Å². The van der Waals surface area contributed by atoms with Crippen LogP contribution >= 0.6 is 0 Å². The van der Waals surface area contributed by atoms with Crippen molar-refractivity contribution in [1.29, 1.82) is 0 Å². The van der Waals surface area contributed by atoms with Crippen molar-refractivity contribution in [3.63, 3.8) is 0 Å². The molecule has 4 nitrogen and oxygen atoms in total. The molecule has 0 spiro atoms. The van der Waals surface area contributed by atoms with Crippen molar-refractivity contribution in [2.24, 2.45) is 5.84 Å². The van der Waals surface area contributed by atoms with E-state index < -0.39 is 0 Å². The van der Waals surface area contributed by atoms with E-state index in [1.165, 1.54) is 6.42 Å². The number of urea groups is 1. The molecule has 64 valence electrons. The van der Waals surface area contributed by atoms with Gasteiger partial charge in [-0.05, 0) is 25.7 Å². The van der Waals surface area contributed by atoms with E-state index in [-0.39, 0.29) is 11.6 Å². The van der Waals surface area contributed by atoms with Crippen LogP contribution < -0.4 is 16.6 Å². The summed E-state index contributed by atoms with van der Waals surface area (Å²) in [6, 6.07) is -0.272. The van der Waals surface area contributed by atoms with Gasteiger partial charge in [-0.25, -0.2) is 10.6 Å². The number of carbonyl (C=O) groups is 1. The average molecular weight is 157 g/mol. The number of carbonyl (C=O) groups excluding carboxylic acids is 1. The van der Waals surface area contributed by atoms with Crippen LogP contribution in [0.4, 0.5) is 4.79 Å². The molecular weight excluding hydrogens is 142 g/mol. The van der Waals surface area contributed by atoms with Crippen LogP contribution in [0.3, 0.4) is 0 Å². The molecule has 2 amide bonds. The summed E-state index contributed by atoms with van der Waals surface area (Å²) in [6.45, 7) is 2.08. The molecule has 0 heterocycles. The van der Waals surface area contributed by atoms with Crippen molar-refractivity contribution in [2.45, 2.75) is 38.1 Å². The van der Waals surface area contributed by atoms with Gasteiger partial charge in [0.25, 0.3) is 0 Å². The molecule has 0 atom stereocenters. The van der Waals surface area contributed by atoms with Gasteiger partial charge < -0.3 is 5.32 Å². The standard InChI is InChI=1S/C7H15N3O/c1-2-7(4-3-5-7)9-6(11)10-8/h2-5,8H2,1H3,(H2,9,10,11). The Bertz CT molecular complexity index is 148.